The minimum absolute atomic E-state index is 0.164. The first-order valence-corrected chi connectivity index (χ1v) is 10.4. The molecule has 1 saturated heterocycles. The van der Waals surface area contributed by atoms with Crippen LogP contribution < -0.4 is 5.32 Å². The van der Waals surface area contributed by atoms with Gasteiger partial charge in [0.1, 0.15) is 6.04 Å². The van der Waals surface area contributed by atoms with Crippen molar-refractivity contribution in [2.75, 3.05) is 0 Å². The molecule has 2 aliphatic heterocycles. The molecule has 31 heavy (non-hydrogen) atoms. The fourth-order valence-corrected chi connectivity index (χ4v) is 4.38. The van der Waals surface area contributed by atoms with Gasteiger partial charge >= 0.3 is 0 Å². The van der Waals surface area contributed by atoms with E-state index in [-0.39, 0.29) is 18.2 Å². The highest BCUT2D eigenvalue weighted by atomic mass is 16.2. The lowest BCUT2D eigenvalue weighted by Gasteiger charge is -2.29. The summed E-state index contributed by atoms with van der Waals surface area (Å²) in [7, 11) is 0. The van der Waals surface area contributed by atoms with Crippen molar-refractivity contribution in [1.29, 1.82) is 0 Å². The number of hydrogen-bond acceptors (Lipinski definition) is 4. The van der Waals surface area contributed by atoms with E-state index >= 15 is 0 Å². The van der Waals surface area contributed by atoms with Crippen LogP contribution in [0.25, 0.3) is 11.3 Å². The Balaban J connectivity index is 1.39. The van der Waals surface area contributed by atoms with E-state index in [1.165, 1.54) is 5.56 Å². The predicted octanol–water partition coefficient (Wildman–Crippen LogP) is 2.67. The third-order valence-electron chi connectivity index (χ3n) is 5.93. The molecule has 0 spiro atoms. The Hall–Kier alpha value is -3.74. The Labute approximate surface area is 179 Å². The van der Waals surface area contributed by atoms with E-state index in [2.05, 4.69) is 17.4 Å². The van der Waals surface area contributed by atoms with Crippen LogP contribution in [-0.4, -0.2) is 38.4 Å². The van der Waals surface area contributed by atoms with E-state index in [0.717, 1.165) is 22.4 Å². The number of imide groups is 1. The molecule has 5 rings (SSSR count). The number of fused-ring (bicyclic) bond motifs is 1. The van der Waals surface area contributed by atoms with Gasteiger partial charge in [-0.25, -0.2) is 0 Å². The van der Waals surface area contributed by atoms with Crippen LogP contribution in [0.4, 0.5) is 0 Å². The van der Waals surface area contributed by atoms with Gasteiger partial charge in [-0.05, 0) is 42.2 Å². The number of carbonyl (C=O) groups excluding carboxylic acids is 3. The van der Waals surface area contributed by atoms with E-state index in [0.29, 0.717) is 25.1 Å². The summed E-state index contributed by atoms with van der Waals surface area (Å²) in [6.45, 7) is 3.07. The molecule has 0 radical (unpaired) electrons. The zero-order valence-electron chi connectivity index (χ0n) is 17.2. The number of aryl methyl sites for hydroxylation is 1. The van der Waals surface area contributed by atoms with Gasteiger partial charge in [-0.1, -0.05) is 36.4 Å². The normalized spacial score (nSPS) is 18.3. The second-order valence-electron chi connectivity index (χ2n) is 8.12. The van der Waals surface area contributed by atoms with Gasteiger partial charge in [0.2, 0.25) is 11.8 Å². The van der Waals surface area contributed by atoms with Crippen molar-refractivity contribution in [1.82, 2.24) is 20.0 Å². The molecule has 1 unspecified atom stereocenters. The minimum atomic E-state index is -0.604. The number of hydrogen-bond donors (Lipinski definition) is 1. The molecule has 7 nitrogen and oxygen atoms in total. The number of amides is 3. The molecule has 1 aromatic heterocycles. The first-order valence-electron chi connectivity index (χ1n) is 10.4. The van der Waals surface area contributed by atoms with Gasteiger partial charge in [-0.2, -0.15) is 5.10 Å². The molecule has 0 bridgehead atoms. The molecule has 3 aromatic rings. The van der Waals surface area contributed by atoms with Crippen LogP contribution in [0.1, 0.15) is 39.9 Å². The van der Waals surface area contributed by atoms with Gasteiger partial charge in [0.15, 0.2) is 0 Å². The molecule has 0 saturated carbocycles. The summed E-state index contributed by atoms with van der Waals surface area (Å²) >= 11 is 0. The third-order valence-corrected chi connectivity index (χ3v) is 5.93. The Bertz CT molecular complexity index is 1200. The van der Waals surface area contributed by atoms with Crippen LogP contribution in [-0.2, 0) is 22.7 Å². The van der Waals surface area contributed by atoms with Crippen LogP contribution in [0.2, 0.25) is 0 Å². The molecular weight excluding hydrogens is 392 g/mol. The summed E-state index contributed by atoms with van der Waals surface area (Å²) in [4.78, 5) is 38.1. The number of rotatable bonds is 4. The van der Waals surface area contributed by atoms with Crippen molar-refractivity contribution >= 4 is 17.7 Å². The second kappa shape index (κ2) is 7.50. The summed E-state index contributed by atoms with van der Waals surface area (Å²) in [6.07, 6.45) is 2.64. The number of nitrogens with one attached hydrogen (secondary N) is 1. The number of aromatic nitrogens is 2. The van der Waals surface area contributed by atoms with E-state index in [4.69, 9.17) is 5.10 Å². The average molecular weight is 414 g/mol. The van der Waals surface area contributed by atoms with Crippen molar-refractivity contribution in [3.63, 3.8) is 0 Å². The highest BCUT2D eigenvalue weighted by molar-refractivity contribution is 6.05. The maximum absolute atomic E-state index is 12.9. The van der Waals surface area contributed by atoms with Crippen molar-refractivity contribution in [3.8, 4) is 11.3 Å². The number of carbonyl (C=O) groups is 3. The Morgan fingerprint density at radius 3 is 2.68 bits per heavy atom. The monoisotopic (exact) mass is 414 g/mol. The zero-order valence-corrected chi connectivity index (χ0v) is 17.2. The van der Waals surface area contributed by atoms with Crippen LogP contribution in [0, 0.1) is 6.92 Å². The SMILES string of the molecule is Cc1cn(Cc2ccccc2)nc1-c1ccc2c(c1)CN(C1CCC(=O)NC1=O)C2=O. The average Bonchev–Trinajstić information content (AvgIpc) is 3.28. The quantitative estimate of drug-likeness (QED) is 0.666. The summed E-state index contributed by atoms with van der Waals surface area (Å²) < 4.78 is 1.92. The topological polar surface area (TPSA) is 84.3 Å². The van der Waals surface area contributed by atoms with E-state index < -0.39 is 11.9 Å². The van der Waals surface area contributed by atoms with Gasteiger partial charge in [0.25, 0.3) is 5.91 Å². The van der Waals surface area contributed by atoms with Crippen molar-refractivity contribution in [2.24, 2.45) is 0 Å². The highest BCUT2D eigenvalue weighted by Crippen LogP contribution is 2.31. The van der Waals surface area contributed by atoms with E-state index in [1.54, 1.807) is 4.90 Å². The molecule has 3 heterocycles. The number of nitrogens with zero attached hydrogens (tertiary/aromatic N) is 3. The van der Waals surface area contributed by atoms with Crippen molar-refractivity contribution in [2.45, 2.75) is 38.9 Å². The smallest absolute Gasteiger partial charge is 0.255 e. The molecule has 2 aliphatic rings. The Kier molecular flexibility index (Phi) is 4.66. The molecule has 0 aliphatic carbocycles. The minimum Gasteiger partial charge on any atom is -0.322 e. The maximum Gasteiger partial charge on any atom is 0.255 e. The lowest BCUT2D eigenvalue weighted by atomic mass is 10.0. The number of piperidine rings is 1. The predicted molar refractivity (Wildman–Crippen MR) is 114 cm³/mol. The van der Waals surface area contributed by atoms with Gasteiger partial charge in [0, 0.05) is 30.3 Å². The standard InChI is InChI=1S/C24H22N4O3/c1-15-12-27(13-16-5-3-2-4-6-16)26-22(15)17-7-8-19-18(11-17)14-28(24(19)31)20-9-10-21(29)25-23(20)30/h2-8,11-12,20H,9-10,13-14H2,1H3,(H,25,29,30). The Morgan fingerprint density at radius 2 is 1.90 bits per heavy atom. The molecule has 1 atom stereocenters. The van der Waals surface area contributed by atoms with E-state index in [9.17, 15) is 14.4 Å². The number of benzene rings is 2. The molecule has 156 valence electrons. The van der Waals surface area contributed by atoms with Crippen molar-refractivity contribution < 1.29 is 14.4 Å². The highest BCUT2D eigenvalue weighted by Gasteiger charge is 2.39. The first-order chi connectivity index (χ1) is 15.0. The largest absolute Gasteiger partial charge is 0.322 e. The van der Waals surface area contributed by atoms with Gasteiger partial charge < -0.3 is 4.90 Å². The zero-order chi connectivity index (χ0) is 21.5. The van der Waals surface area contributed by atoms with Crippen molar-refractivity contribution in [3.05, 3.63) is 77.0 Å². The maximum atomic E-state index is 12.9. The van der Waals surface area contributed by atoms with Gasteiger partial charge in [-0.3, -0.25) is 24.4 Å². The molecule has 1 N–H and O–H groups in total. The third kappa shape index (κ3) is 3.52. The fraction of sp³-hybridized carbons (Fsp3) is 0.250. The molecule has 3 amide bonds. The molecule has 2 aromatic carbocycles. The summed E-state index contributed by atoms with van der Waals surface area (Å²) in [5, 5.41) is 7.10. The van der Waals surface area contributed by atoms with Crippen LogP contribution >= 0.6 is 0 Å². The van der Waals surface area contributed by atoms with Crippen LogP contribution in [0.5, 0.6) is 0 Å². The first kappa shape index (κ1) is 19.2. The summed E-state index contributed by atoms with van der Waals surface area (Å²) in [5.74, 6) is -0.843. The molecule has 7 heteroatoms. The molecule has 1 fully saturated rings. The second-order valence-corrected chi connectivity index (χ2v) is 8.12. The lowest BCUT2D eigenvalue weighted by Crippen LogP contribution is -2.52. The van der Waals surface area contributed by atoms with Crippen LogP contribution in [0.3, 0.4) is 0 Å². The summed E-state index contributed by atoms with van der Waals surface area (Å²) in [5.41, 5.74) is 5.55. The van der Waals surface area contributed by atoms with E-state index in [1.807, 2.05) is 54.2 Å². The van der Waals surface area contributed by atoms with Gasteiger partial charge in [-0.15, -0.1) is 0 Å². The van der Waals surface area contributed by atoms with Crippen LogP contribution in [0.15, 0.2) is 54.7 Å². The summed E-state index contributed by atoms with van der Waals surface area (Å²) in [6, 6.07) is 15.3. The van der Waals surface area contributed by atoms with Gasteiger partial charge in [0.05, 0.1) is 12.2 Å². The fourth-order valence-electron chi connectivity index (χ4n) is 4.38. The lowest BCUT2D eigenvalue weighted by molar-refractivity contribution is -0.136. The molecular formula is C24H22N4O3. The Morgan fingerprint density at radius 1 is 1.10 bits per heavy atom.